The van der Waals surface area contributed by atoms with Crippen LogP contribution in [0.3, 0.4) is 0 Å². The van der Waals surface area contributed by atoms with Crippen LogP contribution in [0.25, 0.3) is 10.9 Å². The van der Waals surface area contributed by atoms with Gasteiger partial charge in [-0.3, -0.25) is 0 Å². The fraction of sp³-hybridized carbons (Fsp3) is 0.167. The van der Waals surface area contributed by atoms with Crippen LogP contribution in [-0.4, -0.2) is 22.6 Å². The molecule has 1 heterocycles. The molecule has 20 heavy (non-hydrogen) atoms. The lowest BCUT2D eigenvalue weighted by atomic mass is 10.1. The van der Waals surface area contributed by atoms with Crippen LogP contribution in [0.4, 0.5) is 0 Å². The molecule has 0 N–H and O–H groups in total. The molecule has 2 aromatic rings. The molecule has 1 unspecified atom stereocenters. The first-order valence-electron chi connectivity index (χ1n) is 5.54. The van der Waals surface area contributed by atoms with Gasteiger partial charge in [-0.15, -0.1) is 0 Å². The molecule has 106 valence electrons. The van der Waals surface area contributed by atoms with Crippen LogP contribution in [0.15, 0.2) is 28.9 Å². The van der Waals surface area contributed by atoms with E-state index in [0.717, 1.165) is 20.9 Å². The normalized spacial score (nSPS) is 12.0. The van der Waals surface area contributed by atoms with Crippen molar-refractivity contribution in [3.8, 4) is 0 Å². The summed E-state index contributed by atoms with van der Waals surface area (Å²) >= 11 is 12.2. The number of carbonyl (C=O) groups excluding carboxylic acids is 1. The number of allylic oxidation sites excluding steroid dienone is 1. The summed E-state index contributed by atoms with van der Waals surface area (Å²) in [6.07, 6.45) is 6.00. The minimum atomic E-state index is -0.378. The molecule has 4 nitrogen and oxygen atoms in total. The number of rotatable bonds is 4. The van der Waals surface area contributed by atoms with Crippen molar-refractivity contribution in [1.29, 1.82) is 0 Å². The summed E-state index contributed by atoms with van der Waals surface area (Å²) in [6, 6.07) is 1.90. The van der Waals surface area contributed by atoms with Gasteiger partial charge in [0.25, 0.3) is 0 Å². The van der Waals surface area contributed by atoms with Crippen LogP contribution in [-0.2, 0) is 16.0 Å². The highest BCUT2D eigenvalue weighted by molar-refractivity contribution is 14.2. The number of hydrogen-bond donors (Lipinski definition) is 0. The van der Waals surface area contributed by atoms with Crippen molar-refractivity contribution < 1.29 is 9.53 Å². The Morgan fingerprint density at radius 1 is 1.70 bits per heavy atom. The van der Waals surface area contributed by atoms with E-state index < -0.39 is 0 Å². The first kappa shape index (κ1) is 16.2. The third-order valence-corrected chi connectivity index (χ3v) is 5.85. The molecule has 0 saturated carbocycles. The predicted molar refractivity (Wildman–Crippen MR) is 95.0 cm³/mol. The molecule has 0 aliphatic carbocycles. The fourth-order valence-corrected chi connectivity index (χ4v) is 4.34. The van der Waals surface area contributed by atoms with Gasteiger partial charge < -0.3 is 4.74 Å². The summed E-state index contributed by atoms with van der Waals surface area (Å²) in [6.45, 7) is 0. The Morgan fingerprint density at radius 2 is 2.45 bits per heavy atom. The van der Waals surface area contributed by atoms with Gasteiger partial charge in [0.2, 0.25) is 0 Å². The minimum Gasteiger partial charge on any atom is -0.466 e. The standard InChI is InChI=1S/C12H10BrClIN2O2P/c1-19-11(18)4-2-3-7-9(14)5-10-8(12(7)13)6-16-17(10)20-15/h2,4-6,20H,3H2,1H3/b4-2+. The molecule has 8 heteroatoms. The van der Waals surface area contributed by atoms with E-state index in [4.69, 9.17) is 11.6 Å². The molecule has 0 spiro atoms. The predicted octanol–water partition coefficient (Wildman–Crippen LogP) is 4.52. The number of hydrogen-bond acceptors (Lipinski definition) is 3. The van der Waals surface area contributed by atoms with Gasteiger partial charge in [-0.05, 0) is 56.0 Å². The lowest BCUT2D eigenvalue weighted by molar-refractivity contribution is -0.134. The molecule has 0 saturated heterocycles. The largest absolute Gasteiger partial charge is 0.466 e. The van der Waals surface area contributed by atoms with Crippen molar-refractivity contribution in [3.05, 3.63) is 39.5 Å². The highest BCUT2D eigenvalue weighted by Crippen LogP contribution is 2.37. The number of nitrogens with zero attached hydrogens (tertiary/aromatic N) is 2. The first-order chi connectivity index (χ1) is 9.58. The molecular weight excluding hydrogens is 477 g/mol. The van der Waals surface area contributed by atoms with Crippen LogP contribution in [0.5, 0.6) is 0 Å². The van der Waals surface area contributed by atoms with Crippen LogP contribution in [0, 0.1) is 0 Å². The molecule has 0 fully saturated rings. The molecular formula is C12H10BrClIN2O2P. The average Bonchev–Trinajstić information content (AvgIpc) is 2.85. The summed E-state index contributed by atoms with van der Waals surface area (Å²) in [5.41, 5.74) is 1.92. The Bertz CT molecular complexity index is 690. The smallest absolute Gasteiger partial charge is 0.330 e. The minimum absolute atomic E-state index is 0.378. The lowest BCUT2D eigenvalue weighted by Gasteiger charge is -2.07. The van der Waals surface area contributed by atoms with Crippen molar-refractivity contribution in [2.45, 2.75) is 6.42 Å². The van der Waals surface area contributed by atoms with Gasteiger partial charge in [-0.1, -0.05) is 17.7 Å². The number of benzene rings is 1. The average molecular weight is 487 g/mol. The fourth-order valence-electron chi connectivity index (χ4n) is 1.74. The van der Waals surface area contributed by atoms with Gasteiger partial charge in [-0.2, -0.15) is 5.10 Å². The van der Waals surface area contributed by atoms with E-state index in [0.29, 0.717) is 17.8 Å². The summed E-state index contributed by atoms with van der Waals surface area (Å²) in [4.78, 5) is 11.1. The van der Waals surface area contributed by atoms with Crippen molar-refractivity contribution in [2.75, 3.05) is 7.11 Å². The first-order valence-corrected chi connectivity index (χ1v) is 10.8. The van der Waals surface area contributed by atoms with Gasteiger partial charge in [0.1, 0.15) is 0 Å². The van der Waals surface area contributed by atoms with Crippen LogP contribution in [0.1, 0.15) is 5.56 Å². The number of esters is 1. The quantitative estimate of drug-likeness (QED) is 0.276. The number of fused-ring (bicyclic) bond motifs is 1. The van der Waals surface area contributed by atoms with E-state index in [1.165, 1.54) is 13.2 Å². The molecule has 0 aliphatic heterocycles. The van der Waals surface area contributed by atoms with E-state index in [1.54, 1.807) is 6.08 Å². The third kappa shape index (κ3) is 3.35. The van der Waals surface area contributed by atoms with Gasteiger partial charge >= 0.3 is 5.97 Å². The number of halogens is 3. The van der Waals surface area contributed by atoms with Gasteiger partial charge in [0, 0.05) is 21.0 Å². The van der Waals surface area contributed by atoms with Crippen LogP contribution < -0.4 is 0 Å². The van der Waals surface area contributed by atoms with Crippen molar-refractivity contribution in [2.24, 2.45) is 0 Å². The molecule has 1 aromatic carbocycles. The Morgan fingerprint density at radius 3 is 3.10 bits per heavy atom. The number of carbonyl (C=O) groups is 1. The van der Waals surface area contributed by atoms with Crippen molar-refractivity contribution >= 4 is 72.8 Å². The molecule has 1 aromatic heterocycles. The number of ether oxygens (including phenoxy) is 1. The highest BCUT2D eigenvalue weighted by atomic mass is 127. The Kier molecular flexibility index (Phi) is 5.84. The SMILES string of the molecule is COC(=O)/C=C/Cc1c(Cl)cc2c(cnn2PI)c1Br. The second-order valence-electron chi connectivity index (χ2n) is 3.85. The monoisotopic (exact) mass is 486 g/mol. The molecule has 0 radical (unpaired) electrons. The molecule has 0 bridgehead atoms. The summed E-state index contributed by atoms with van der Waals surface area (Å²) in [5.74, 6) is -0.378. The lowest BCUT2D eigenvalue weighted by Crippen LogP contribution is -1.95. The maximum absolute atomic E-state index is 11.1. The van der Waals surface area contributed by atoms with E-state index in [-0.39, 0.29) is 5.97 Å². The van der Waals surface area contributed by atoms with Gasteiger partial charge in [0.15, 0.2) is 0 Å². The maximum Gasteiger partial charge on any atom is 0.330 e. The number of methoxy groups -OCH3 is 1. The number of aromatic nitrogens is 2. The van der Waals surface area contributed by atoms with E-state index in [1.807, 2.05) is 16.7 Å². The van der Waals surface area contributed by atoms with Crippen LogP contribution >= 0.6 is 55.9 Å². The second-order valence-corrected chi connectivity index (χ2v) is 7.09. The molecule has 0 amide bonds. The molecule has 2 rings (SSSR count). The van der Waals surface area contributed by atoms with E-state index in [9.17, 15) is 4.79 Å². The van der Waals surface area contributed by atoms with E-state index in [2.05, 4.69) is 47.8 Å². The van der Waals surface area contributed by atoms with Crippen molar-refractivity contribution in [1.82, 2.24) is 9.55 Å². The Hall–Kier alpha value is -0.170. The summed E-state index contributed by atoms with van der Waals surface area (Å²) < 4.78 is 7.37. The van der Waals surface area contributed by atoms with Gasteiger partial charge in [-0.25, -0.2) is 9.25 Å². The molecule has 1 atom stereocenters. The zero-order valence-electron chi connectivity index (χ0n) is 10.4. The van der Waals surface area contributed by atoms with E-state index >= 15 is 0 Å². The highest BCUT2D eigenvalue weighted by Gasteiger charge is 2.13. The zero-order valence-corrected chi connectivity index (χ0v) is 15.9. The maximum atomic E-state index is 11.1. The van der Waals surface area contributed by atoms with Crippen LogP contribution in [0.2, 0.25) is 5.02 Å². The Balaban J connectivity index is 2.39. The third-order valence-electron chi connectivity index (χ3n) is 2.72. The zero-order chi connectivity index (χ0) is 14.7. The second kappa shape index (κ2) is 7.20. The topological polar surface area (TPSA) is 44.1 Å². The van der Waals surface area contributed by atoms with Crippen molar-refractivity contribution in [3.63, 3.8) is 0 Å². The Labute approximate surface area is 144 Å². The summed E-state index contributed by atoms with van der Waals surface area (Å²) in [5, 5.41) is 5.98. The van der Waals surface area contributed by atoms with Gasteiger partial charge in [0.05, 0.1) is 25.2 Å². The summed E-state index contributed by atoms with van der Waals surface area (Å²) in [7, 11) is 1.35. The molecule has 0 aliphatic rings.